The summed E-state index contributed by atoms with van der Waals surface area (Å²) in [6.45, 7) is 4.30. The van der Waals surface area contributed by atoms with Crippen LogP contribution in [0.3, 0.4) is 0 Å². The number of rotatable bonds is 6. The van der Waals surface area contributed by atoms with Gasteiger partial charge < -0.3 is 18.9 Å². The molecule has 0 N–H and O–H groups in total. The first kappa shape index (κ1) is 19.7. The van der Waals surface area contributed by atoms with Crippen molar-refractivity contribution >= 4 is 11.9 Å². The summed E-state index contributed by atoms with van der Waals surface area (Å²) in [7, 11) is 0. The van der Waals surface area contributed by atoms with Crippen LogP contribution >= 0.6 is 0 Å². The average molecular weight is 363 g/mol. The Morgan fingerprint density at radius 2 is 1.81 bits per heavy atom. The molecular formula is C17H21N3O6. The van der Waals surface area contributed by atoms with E-state index in [1.54, 1.807) is 6.92 Å². The number of esters is 2. The lowest BCUT2D eigenvalue weighted by Gasteiger charge is -2.42. The highest BCUT2D eigenvalue weighted by Gasteiger charge is 2.48. The maximum atomic E-state index is 11.5. The largest absolute Gasteiger partial charge is 0.453 e. The zero-order chi connectivity index (χ0) is 19.1. The third-order valence-electron chi connectivity index (χ3n) is 3.81. The van der Waals surface area contributed by atoms with Gasteiger partial charge in [-0.25, -0.2) is 0 Å². The van der Waals surface area contributed by atoms with E-state index in [-0.39, 0.29) is 6.61 Å². The van der Waals surface area contributed by atoms with Crippen molar-refractivity contribution in [1.82, 2.24) is 0 Å². The van der Waals surface area contributed by atoms with E-state index in [2.05, 4.69) is 10.0 Å². The van der Waals surface area contributed by atoms with Crippen LogP contribution in [0.1, 0.15) is 26.3 Å². The van der Waals surface area contributed by atoms with Crippen molar-refractivity contribution < 1.29 is 28.5 Å². The second kappa shape index (κ2) is 9.19. The minimum absolute atomic E-state index is 0.195. The van der Waals surface area contributed by atoms with Crippen LogP contribution in [0.25, 0.3) is 10.4 Å². The lowest BCUT2D eigenvalue weighted by atomic mass is 9.97. The molecular weight excluding hydrogens is 342 g/mol. The summed E-state index contributed by atoms with van der Waals surface area (Å²) >= 11 is 0. The zero-order valence-electron chi connectivity index (χ0n) is 14.8. The van der Waals surface area contributed by atoms with Gasteiger partial charge in [-0.1, -0.05) is 35.4 Å². The van der Waals surface area contributed by atoms with Crippen molar-refractivity contribution in [3.8, 4) is 0 Å². The minimum Gasteiger partial charge on any atom is -0.453 e. The molecule has 1 saturated heterocycles. The highest BCUT2D eigenvalue weighted by Crippen LogP contribution is 2.29. The van der Waals surface area contributed by atoms with E-state index in [4.69, 9.17) is 24.5 Å². The third kappa shape index (κ3) is 5.19. The van der Waals surface area contributed by atoms with Crippen LogP contribution in [0.2, 0.25) is 0 Å². The highest BCUT2D eigenvalue weighted by molar-refractivity contribution is 5.67. The Labute approximate surface area is 150 Å². The summed E-state index contributed by atoms with van der Waals surface area (Å²) < 4.78 is 21.9. The maximum absolute atomic E-state index is 11.5. The Balaban J connectivity index is 2.28. The summed E-state index contributed by atoms with van der Waals surface area (Å²) in [5.41, 5.74) is 9.76. The van der Waals surface area contributed by atoms with Gasteiger partial charge in [0.25, 0.3) is 0 Å². The molecule has 2 rings (SSSR count). The summed E-state index contributed by atoms with van der Waals surface area (Å²) in [5, 5.41) is 3.73. The van der Waals surface area contributed by atoms with Crippen LogP contribution in [0, 0.1) is 0 Å². The van der Waals surface area contributed by atoms with Crippen LogP contribution in [0.4, 0.5) is 0 Å². The lowest BCUT2D eigenvalue weighted by Crippen LogP contribution is -2.59. The first-order chi connectivity index (χ1) is 12.4. The number of hydrogen-bond acceptors (Lipinski definition) is 7. The molecule has 140 valence electrons. The van der Waals surface area contributed by atoms with Gasteiger partial charge in [0, 0.05) is 18.8 Å². The van der Waals surface area contributed by atoms with Crippen molar-refractivity contribution in [1.29, 1.82) is 0 Å². The van der Waals surface area contributed by atoms with Gasteiger partial charge in [0.2, 0.25) is 6.29 Å². The molecule has 0 aliphatic carbocycles. The molecule has 0 spiro atoms. The van der Waals surface area contributed by atoms with Gasteiger partial charge in [0.15, 0.2) is 6.10 Å². The Kier molecular flexibility index (Phi) is 6.97. The second-order valence-corrected chi connectivity index (χ2v) is 5.85. The predicted molar refractivity (Wildman–Crippen MR) is 89.6 cm³/mol. The monoisotopic (exact) mass is 363 g/mol. The summed E-state index contributed by atoms with van der Waals surface area (Å²) in [6.07, 6.45) is -3.67. The molecule has 1 heterocycles. The molecule has 1 fully saturated rings. The smallest absolute Gasteiger partial charge is 0.305 e. The van der Waals surface area contributed by atoms with Gasteiger partial charge >= 0.3 is 11.9 Å². The second-order valence-electron chi connectivity index (χ2n) is 5.85. The minimum atomic E-state index is -1.16. The Hall–Kier alpha value is -2.61. The molecule has 0 radical (unpaired) electrons. The van der Waals surface area contributed by atoms with Gasteiger partial charge in [-0.2, -0.15) is 0 Å². The summed E-state index contributed by atoms with van der Waals surface area (Å²) in [5.74, 6) is -1.19. The van der Waals surface area contributed by atoms with Crippen molar-refractivity contribution in [2.45, 2.75) is 58.0 Å². The van der Waals surface area contributed by atoms with Crippen molar-refractivity contribution in [2.24, 2.45) is 5.11 Å². The normalized spacial score (nSPS) is 27.9. The first-order valence-corrected chi connectivity index (χ1v) is 8.12. The molecule has 26 heavy (non-hydrogen) atoms. The number of carbonyl (C=O) groups is 2. The Morgan fingerprint density at radius 3 is 2.38 bits per heavy atom. The molecule has 0 unspecified atom stereocenters. The number of nitrogens with zero attached hydrogens (tertiary/aromatic N) is 3. The van der Waals surface area contributed by atoms with E-state index in [1.165, 1.54) is 13.8 Å². The Morgan fingerprint density at radius 1 is 1.15 bits per heavy atom. The van der Waals surface area contributed by atoms with E-state index in [0.29, 0.717) is 0 Å². The van der Waals surface area contributed by atoms with Crippen molar-refractivity contribution in [3.63, 3.8) is 0 Å². The summed E-state index contributed by atoms with van der Waals surface area (Å²) in [4.78, 5) is 25.7. The Bertz CT molecular complexity index is 676. The fourth-order valence-electron chi connectivity index (χ4n) is 2.74. The van der Waals surface area contributed by atoms with Crippen LogP contribution in [0.5, 0.6) is 0 Å². The molecule has 1 aromatic rings. The quantitative estimate of drug-likeness (QED) is 0.331. The molecule has 9 heteroatoms. The SMILES string of the molecule is CC(=O)O[C@H]1O[C@H](C)[C@@H](N=[N+]=[N-])[C@H](OCc2ccccc2)[C@H]1OC(C)=O. The highest BCUT2D eigenvalue weighted by atomic mass is 16.7. The molecule has 1 aromatic carbocycles. The fraction of sp³-hybridized carbons (Fsp3) is 0.529. The number of hydrogen-bond donors (Lipinski definition) is 0. The fourth-order valence-corrected chi connectivity index (χ4v) is 2.74. The van der Waals surface area contributed by atoms with Gasteiger partial charge in [-0.15, -0.1) is 0 Å². The van der Waals surface area contributed by atoms with E-state index in [0.717, 1.165) is 5.56 Å². The van der Waals surface area contributed by atoms with E-state index in [9.17, 15) is 9.59 Å². The molecule has 1 aliphatic rings. The standard InChI is InChI=1S/C17H21N3O6/c1-10-14(19-20-18)15(23-9-13-7-5-4-6-8-13)16(25-11(2)21)17(24-10)26-12(3)22/h4-8,10,14-17H,9H2,1-3H3/t10-,14-,15+,16-,17-/m1/s1. The maximum Gasteiger partial charge on any atom is 0.305 e. The van der Waals surface area contributed by atoms with Crippen LogP contribution in [-0.4, -0.2) is 42.6 Å². The topological polar surface area (TPSA) is 120 Å². The van der Waals surface area contributed by atoms with Crippen molar-refractivity contribution in [3.05, 3.63) is 46.3 Å². The number of carbonyl (C=O) groups excluding carboxylic acids is 2. The van der Waals surface area contributed by atoms with Gasteiger partial charge in [0.1, 0.15) is 6.10 Å². The third-order valence-corrected chi connectivity index (χ3v) is 3.81. The predicted octanol–water partition coefficient (Wildman–Crippen LogP) is 2.49. The van der Waals surface area contributed by atoms with Crippen LogP contribution in [0.15, 0.2) is 35.4 Å². The number of ether oxygens (including phenoxy) is 4. The number of azide groups is 1. The molecule has 0 aromatic heterocycles. The van der Waals surface area contributed by atoms with Gasteiger partial charge in [-0.05, 0) is 18.0 Å². The van der Waals surface area contributed by atoms with Crippen molar-refractivity contribution in [2.75, 3.05) is 0 Å². The molecule has 0 amide bonds. The molecule has 9 nitrogen and oxygen atoms in total. The van der Waals surface area contributed by atoms with Crippen LogP contribution < -0.4 is 0 Å². The van der Waals surface area contributed by atoms with Gasteiger partial charge in [0.05, 0.1) is 18.8 Å². The summed E-state index contributed by atoms with van der Waals surface area (Å²) in [6, 6.07) is 8.58. The number of benzene rings is 1. The lowest BCUT2D eigenvalue weighted by molar-refractivity contribution is -0.273. The van der Waals surface area contributed by atoms with E-state index in [1.807, 2.05) is 30.3 Å². The first-order valence-electron chi connectivity index (χ1n) is 8.12. The molecule has 0 saturated carbocycles. The van der Waals surface area contributed by atoms with E-state index < -0.39 is 42.6 Å². The zero-order valence-corrected chi connectivity index (χ0v) is 14.8. The molecule has 0 bridgehead atoms. The average Bonchev–Trinajstić information content (AvgIpc) is 2.58. The molecule has 1 aliphatic heterocycles. The van der Waals surface area contributed by atoms with E-state index >= 15 is 0 Å². The van der Waals surface area contributed by atoms with Crippen LogP contribution in [-0.2, 0) is 35.1 Å². The van der Waals surface area contributed by atoms with Gasteiger partial charge in [-0.3, -0.25) is 9.59 Å². The molecule has 5 atom stereocenters.